The fraction of sp³-hybridized carbons (Fsp3) is 0.647. The van der Waals surface area contributed by atoms with Crippen LogP contribution in [-0.4, -0.2) is 53.5 Å². The summed E-state index contributed by atoms with van der Waals surface area (Å²) in [6, 6.07) is 9.81. The summed E-state index contributed by atoms with van der Waals surface area (Å²) in [4.78, 5) is 0. The van der Waals surface area contributed by atoms with E-state index in [-0.39, 0.29) is 56.0 Å². The second-order valence-corrected chi connectivity index (χ2v) is 6.05. The third-order valence-corrected chi connectivity index (χ3v) is 5.01. The van der Waals surface area contributed by atoms with E-state index in [1.165, 1.54) is 0 Å². The molecule has 0 saturated heterocycles. The Kier molecular flexibility index (Phi) is 6.79. The largest absolute Gasteiger partial charge is 0.396 e. The highest BCUT2D eigenvalue weighted by Gasteiger charge is 2.49. The first-order valence-corrected chi connectivity index (χ1v) is 7.81. The van der Waals surface area contributed by atoms with Crippen LogP contribution < -0.4 is 0 Å². The van der Waals surface area contributed by atoms with E-state index in [4.69, 9.17) is 4.74 Å². The molecule has 5 heteroatoms. The summed E-state index contributed by atoms with van der Waals surface area (Å²) in [6.07, 6.45) is 0. The molecule has 5 atom stereocenters. The topological polar surface area (TPSA) is 90.2 Å². The van der Waals surface area contributed by atoms with E-state index >= 15 is 0 Å². The number of aliphatic hydroxyl groups excluding tert-OH is 4. The van der Waals surface area contributed by atoms with Crippen LogP contribution >= 0.6 is 0 Å². The Labute approximate surface area is 131 Å². The maximum absolute atomic E-state index is 9.65. The summed E-state index contributed by atoms with van der Waals surface area (Å²) in [5, 5.41) is 38.4. The Morgan fingerprint density at radius 3 is 1.59 bits per heavy atom. The number of ether oxygens (including phenoxy) is 1. The van der Waals surface area contributed by atoms with E-state index in [1.807, 2.05) is 30.3 Å². The monoisotopic (exact) mass is 310 g/mol. The Morgan fingerprint density at radius 1 is 0.682 bits per heavy atom. The van der Waals surface area contributed by atoms with Gasteiger partial charge in [0.05, 0.1) is 13.2 Å². The molecular formula is C17H26O5. The number of rotatable bonds is 8. The van der Waals surface area contributed by atoms with Gasteiger partial charge in [-0.3, -0.25) is 0 Å². The quantitative estimate of drug-likeness (QED) is 0.553. The molecule has 22 heavy (non-hydrogen) atoms. The van der Waals surface area contributed by atoms with Crippen molar-refractivity contribution in [2.45, 2.75) is 6.61 Å². The molecule has 124 valence electrons. The fourth-order valence-corrected chi connectivity index (χ4v) is 3.80. The van der Waals surface area contributed by atoms with Crippen molar-refractivity contribution in [1.82, 2.24) is 0 Å². The predicted molar refractivity (Wildman–Crippen MR) is 81.9 cm³/mol. The van der Waals surface area contributed by atoms with Crippen LogP contribution in [0.3, 0.4) is 0 Å². The molecule has 0 amide bonds. The second-order valence-electron chi connectivity index (χ2n) is 6.05. The van der Waals surface area contributed by atoms with Crippen molar-refractivity contribution < 1.29 is 25.2 Å². The van der Waals surface area contributed by atoms with Gasteiger partial charge in [0.25, 0.3) is 0 Å². The first-order chi connectivity index (χ1) is 10.8. The van der Waals surface area contributed by atoms with Gasteiger partial charge in [-0.2, -0.15) is 0 Å². The minimum atomic E-state index is -0.197. The van der Waals surface area contributed by atoms with Gasteiger partial charge in [-0.1, -0.05) is 30.3 Å². The molecule has 1 unspecified atom stereocenters. The van der Waals surface area contributed by atoms with Crippen molar-refractivity contribution >= 4 is 0 Å². The first-order valence-electron chi connectivity index (χ1n) is 7.81. The first kappa shape index (κ1) is 17.4. The summed E-state index contributed by atoms with van der Waals surface area (Å²) in [5.41, 5.74) is 1.07. The smallest absolute Gasteiger partial charge is 0.0717 e. The highest BCUT2D eigenvalue weighted by molar-refractivity contribution is 5.13. The molecule has 1 aliphatic rings. The van der Waals surface area contributed by atoms with Gasteiger partial charge < -0.3 is 25.2 Å². The minimum absolute atomic E-state index is 0.0620. The molecule has 2 rings (SSSR count). The number of aliphatic hydroxyl groups is 4. The lowest BCUT2D eigenvalue weighted by atomic mass is 9.88. The Morgan fingerprint density at radius 2 is 1.14 bits per heavy atom. The summed E-state index contributed by atoms with van der Waals surface area (Å²) in [7, 11) is 0. The van der Waals surface area contributed by atoms with E-state index in [0.717, 1.165) is 5.56 Å². The van der Waals surface area contributed by atoms with Crippen LogP contribution in [0.25, 0.3) is 0 Å². The molecule has 0 heterocycles. The van der Waals surface area contributed by atoms with Crippen molar-refractivity contribution in [1.29, 1.82) is 0 Å². The zero-order chi connectivity index (χ0) is 15.9. The van der Waals surface area contributed by atoms with Crippen LogP contribution in [-0.2, 0) is 11.3 Å². The molecule has 1 aliphatic carbocycles. The summed E-state index contributed by atoms with van der Waals surface area (Å²) in [6.45, 7) is 0.541. The second kappa shape index (κ2) is 8.60. The van der Waals surface area contributed by atoms with Gasteiger partial charge in [-0.05, 0) is 35.2 Å². The molecule has 4 N–H and O–H groups in total. The Bertz CT molecular complexity index is 406. The molecule has 1 saturated carbocycles. The maximum atomic E-state index is 9.65. The minimum Gasteiger partial charge on any atom is -0.396 e. The van der Waals surface area contributed by atoms with Gasteiger partial charge >= 0.3 is 0 Å². The SMILES string of the molecule is OC[C@@H]1[C@H](CO)[C@H](CO)C(COCc2ccccc2)[C@@H]1CO. The van der Waals surface area contributed by atoms with Crippen molar-refractivity contribution in [2.24, 2.45) is 29.6 Å². The summed E-state index contributed by atoms with van der Waals surface area (Å²) < 4.78 is 5.77. The van der Waals surface area contributed by atoms with Crippen molar-refractivity contribution in [3.8, 4) is 0 Å². The zero-order valence-corrected chi connectivity index (χ0v) is 12.7. The maximum Gasteiger partial charge on any atom is 0.0717 e. The number of hydrogen-bond donors (Lipinski definition) is 4. The van der Waals surface area contributed by atoms with Crippen LogP contribution in [0, 0.1) is 29.6 Å². The van der Waals surface area contributed by atoms with Crippen molar-refractivity contribution in [3.63, 3.8) is 0 Å². The Balaban J connectivity index is 2.00. The van der Waals surface area contributed by atoms with Gasteiger partial charge in [0.15, 0.2) is 0 Å². The zero-order valence-electron chi connectivity index (χ0n) is 12.7. The van der Waals surface area contributed by atoms with Crippen LogP contribution in [0.5, 0.6) is 0 Å². The van der Waals surface area contributed by atoms with E-state index in [1.54, 1.807) is 0 Å². The molecule has 0 aliphatic heterocycles. The molecule has 0 spiro atoms. The lowest BCUT2D eigenvalue weighted by Crippen LogP contribution is -2.28. The average molecular weight is 310 g/mol. The lowest BCUT2D eigenvalue weighted by molar-refractivity contribution is 0.0231. The highest BCUT2D eigenvalue weighted by Crippen LogP contribution is 2.45. The molecule has 0 radical (unpaired) electrons. The average Bonchev–Trinajstić information content (AvgIpc) is 2.87. The normalized spacial score (nSPS) is 31.5. The molecule has 5 nitrogen and oxygen atoms in total. The molecule has 1 fully saturated rings. The molecule has 1 aromatic rings. The van der Waals surface area contributed by atoms with E-state index in [9.17, 15) is 20.4 Å². The van der Waals surface area contributed by atoms with E-state index in [0.29, 0.717) is 13.2 Å². The van der Waals surface area contributed by atoms with Gasteiger partial charge in [0.1, 0.15) is 0 Å². The van der Waals surface area contributed by atoms with Crippen molar-refractivity contribution in [2.75, 3.05) is 33.0 Å². The molecule has 0 bridgehead atoms. The third kappa shape index (κ3) is 3.67. The molecule has 1 aromatic carbocycles. The van der Waals surface area contributed by atoms with Gasteiger partial charge in [-0.15, -0.1) is 0 Å². The van der Waals surface area contributed by atoms with E-state index < -0.39 is 0 Å². The highest BCUT2D eigenvalue weighted by atomic mass is 16.5. The van der Waals surface area contributed by atoms with Crippen LogP contribution in [0.4, 0.5) is 0 Å². The Hall–Kier alpha value is -0.980. The number of benzene rings is 1. The van der Waals surface area contributed by atoms with Crippen LogP contribution in [0.15, 0.2) is 30.3 Å². The van der Waals surface area contributed by atoms with Gasteiger partial charge in [-0.25, -0.2) is 0 Å². The lowest BCUT2D eigenvalue weighted by Gasteiger charge is -2.24. The van der Waals surface area contributed by atoms with Crippen LogP contribution in [0.1, 0.15) is 5.56 Å². The molecule has 0 aromatic heterocycles. The predicted octanol–water partition coefficient (Wildman–Crippen LogP) is 0.267. The third-order valence-electron chi connectivity index (χ3n) is 5.01. The van der Waals surface area contributed by atoms with Crippen LogP contribution in [0.2, 0.25) is 0 Å². The number of hydrogen-bond acceptors (Lipinski definition) is 5. The standard InChI is InChI=1S/C17H26O5/c18-6-13-14(7-19)16(9-21)17(15(13)8-20)11-22-10-12-4-2-1-3-5-12/h1-5,13-21H,6-11H2/t13-,14+,15-,16+,17?. The van der Waals surface area contributed by atoms with Gasteiger partial charge in [0.2, 0.25) is 0 Å². The summed E-state index contributed by atoms with van der Waals surface area (Å²) >= 11 is 0. The van der Waals surface area contributed by atoms with E-state index in [2.05, 4.69) is 0 Å². The van der Waals surface area contributed by atoms with Gasteiger partial charge in [0, 0.05) is 26.4 Å². The fourth-order valence-electron chi connectivity index (χ4n) is 3.80. The van der Waals surface area contributed by atoms with Crippen molar-refractivity contribution in [3.05, 3.63) is 35.9 Å². The molecular weight excluding hydrogens is 284 g/mol. The summed E-state index contributed by atoms with van der Waals surface area (Å²) in [5.74, 6) is -0.770.